The Morgan fingerprint density at radius 1 is 1.58 bits per heavy atom. The number of aryl methyl sites for hydroxylation is 1. The molecule has 2 heterocycles. The van der Waals surface area contributed by atoms with E-state index in [1.807, 2.05) is 11.3 Å². The number of likely N-dealkylation sites (N-methyl/N-ethyl adjacent to an activating group) is 1. The lowest BCUT2D eigenvalue weighted by molar-refractivity contribution is 0.190. The lowest BCUT2D eigenvalue weighted by Crippen LogP contribution is -2.39. The van der Waals surface area contributed by atoms with Crippen LogP contribution in [0.3, 0.4) is 0 Å². The topological polar surface area (TPSA) is 32.5 Å². The first-order valence-corrected chi connectivity index (χ1v) is 8.05. The molecule has 0 aromatic carbocycles. The molecule has 4 heteroatoms. The molecule has 0 bridgehead atoms. The van der Waals surface area contributed by atoms with E-state index in [2.05, 4.69) is 49.2 Å². The van der Waals surface area contributed by atoms with Crippen LogP contribution in [0.15, 0.2) is 11.4 Å². The van der Waals surface area contributed by atoms with Crippen LogP contribution in [0.4, 0.5) is 0 Å². The van der Waals surface area contributed by atoms with E-state index in [1.54, 1.807) is 0 Å². The van der Waals surface area contributed by atoms with Crippen molar-refractivity contribution in [3.05, 3.63) is 21.9 Å². The molecule has 0 spiro atoms. The summed E-state index contributed by atoms with van der Waals surface area (Å²) in [6.07, 6.45) is 1.32. The molecule has 1 aromatic rings. The summed E-state index contributed by atoms with van der Waals surface area (Å²) in [5.74, 6) is 0.788. The van der Waals surface area contributed by atoms with Gasteiger partial charge < -0.3 is 10.6 Å². The van der Waals surface area contributed by atoms with E-state index in [0.717, 1.165) is 12.5 Å². The van der Waals surface area contributed by atoms with Gasteiger partial charge in [-0.05, 0) is 63.8 Å². The maximum absolute atomic E-state index is 6.25. The van der Waals surface area contributed by atoms with E-state index < -0.39 is 0 Å². The highest BCUT2D eigenvalue weighted by Gasteiger charge is 2.28. The molecule has 1 aliphatic heterocycles. The molecule has 1 saturated heterocycles. The Morgan fingerprint density at radius 3 is 2.79 bits per heavy atom. The van der Waals surface area contributed by atoms with Crippen LogP contribution in [0.5, 0.6) is 0 Å². The summed E-state index contributed by atoms with van der Waals surface area (Å²) in [6.45, 7) is 7.92. The number of thiophene rings is 1. The van der Waals surface area contributed by atoms with E-state index in [-0.39, 0.29) is 6.04 Å². The summed E-state index contributed by atoms with van der Waals surface area (Å²) in [7, 11) is 4.44. The number of nitrogens with zero attached hydrogens (tertiary/aromatic N) is 2. The highest BCUT2D eigenvalue weighted by molar-refractivity contribution is 7.10. The summed E-state index contributed by atoms with van der Waals surface area (Å²) in [6, 6.07) is 2.72. The summed E-state index contributed by atoms with van der Waals surface area (Å²) < 4.78 is 0. The number of hydrogen-bond donors (Lipinski definition) is 1. The van der Waals surface area contributed by atoms with E-state index in [1.165, 1.54) is 30.0 Å². The molecule has 0 radical (unpaired) electrons. The van der Waals surface area contributed by atoms with Gasteiger partial charge in [-0.1, -0.05) is 0 Å². The molecule has 0 aliphatic carbocycles. The van der Waals surface area contributed by atoms with E-state index in [4.69, 9.17) is 5.73 Å². The molecular formula is C15H27N3S. The minimum atomic E-state index is 0.168. The van der Waals surface area contributed by atoms with Gasteiger partial charge in [-0.3, -0.25) is 4.90 Å². The van der Waals surface area contributed by atoms with Crippen LogP contribution in [-0.2, 0) is 0 Å². The standard InChI is InChI=1S/C15H27N3S/c1-11-6-8-19-15(11)14(12(2)16)18(4)10-13-5-7-17(3)9-13/h6,8,12-14H,5,7,9-10,16H2,1-4H3. The zero-order chi connectivity index (χ0) is 14.0. The monoisotopic (exact) mass is 281 g/mol. The molecule has 3 unspecified atom stereocenters. The van der Waals surface area contributed by atoms with Crippen LogP contribution in [0.2, 0.25) is 0 Å². The molecule has 3 nitrogen and oxygen atoms in total. The smallest absolute Gasteiger partial charge is 0.0591 e. The second-order valence-corrected chi connectivity index (χ2v) is 7.08. The van der Waals surface area contributed by atoms with E-state index in [0.29, 0.717) is 6.04 Å². The van der Waals surface area contributed by atoms with Gasteiger partial charge in [-0.2, -0.15) is 0 Å². The van der Waals surface area contributed by atoms with Crippen molar-refractivity contribution in [2.75, 3.05) is 33.7 Å². The summed E-state index contributed by atoms with van der Waals surface area (Å²) in [4.78, 5) is 6.33. The lowest BCUT2D eigenvalue weighted by atomic mass is 10.0. The Kier molecular flexibility index (Phi) is 5.01. The Morgan fingerprint density at radius 2 is 2.32 bits per heavy atom. The Labute approximate surface area is 121 Å². The van der Waals surface area contributed by atoms with Crippen LogP contribution in [0, 0.1) is 12.8 Å². The molecule has 2 rings (SSSR count). The van der Waals surface area contributed by atoms with Crippen LogP contribution < -0.4 is 5.73 Å². The van der Waals surface area contributed by atoms with Crippen molar-refractivity contribution in [2.45, 2.75) is 32.4 Å². The predicted molar refractivity (Wildman–Crippen MR) is 83.7 cm³/mol. The van der Waals surface area contributed by atoms with Crippen LogP contribution >= 0.6 is 11.3 Å². The summed E-state index contributed by atoms with van der Waals surface area (Å²) in [5, 5.41) is 2.18. The first kappa shape index (κ1) is 15.0. The fraction of sp³-hybridized carbons (Fsp3) is 0.733. The van der Waals surface area contributed by atoms with Gasteiger partial charge in [0.05, 0.1) is 6.04 Å². The van der Waals surface area contributed by atoms with Crippen molar-refractivity contribution in [2.24, 2.45) is 11.7 Å². The highest BCUT2D eigenvalue weighted by atomic mass is 32.1. The molecule has 1 fully saturated rings. The zero-order valence-electron chi connectivity index (χ0n) is 12.6. The van der Waals surface area contributed by atoms with E-state index in [9.17, 15) is 0 Å². The van der Waals surface area contributed by atoms with E-state index >= 15 is 0 Å². The third-order valence-electron chi connectivity index (χ3n) is 4.18. The van der Waals surface area contributed by atoms with Crippen molar-refractivity contribution in [3.8, 4) is 0 Å². The number of rotatable bonds is 5. The molecule has 1 aliphatic rings. The van der Waals surface area contributed by atoms with Crippen molar-refractivity contribution in [1.82, 2.24) is 9.80 Å². The summed E-state index contributed by atoms with van der Waals surface area (Å²) in [5.41, 5.74) is 7.63. The minimum Gasteiger partial charge on any atom is -0.326 e. The Hall–Kier alpha value is -0.420. The van der Waals surface area contributed by atoms with Gasteiger partial charge in [0.1, 0.15) is 0 Å². The van der Waals surface area contributed by atoms with Gasteiger partial charge in [0.2, 0.25) is 0 Å². The molecule has 19 heavy (non-hydrogen) atoms. The van der Waals surface area contributed by atoms with Crippen LogP contribution in [0.1, 0.15) is 29.8 Å². The molecule has 3 atom stereocenters. The summed E-state index contributed by atoms with van der Waals surface area (Å²) >= 11 is 1.84. The number of likely N-dealkylation sites (tertiary alicyclic amines) is 1. The zero-order valence-corrected chi connectivity index (χ0v) is 13.4. The van der Waals surface area contributed by atoms with Crippen LogP contribution in [0.25, 0.3) is 0 Å². The normalized spacial score (nSPS) is 24.0. The van der Waals surface area contributed by atoms with Crippen molar-refractivity contribution >= 4 is 11.3 Å². The molecule has 0 amide bonds. The maximum atomic E-state index is 6.25. The van der Waals surface area contributed by atoms with Gasteiger partial charge >= 0.3 is 0 Å². The Balaban J connectivity index is 2.05. The quantitative estimate of drug-likeness (QED) is 0.899. The van der Waals surface area contributed by atoms with Gasteiger partial charge in [0, 0.05) is 24.0 Å². The first-order valence-electron chi connectivity index (χ1n) is 7.17. The van der Waals surface area contributed by atoms with Crippen molar-refractivity contribution < 1.29 is 0 Å². The molecule has 1 aromatic heterocycles. The largest absolute Gasteiger partial charge is 0.326 e. The third-order valence-corrected chi connectivity index (χ3v) is 5.27. The Bertz CT molecular complexity index is 402. The lowest BCUT2D eigenvalue weighted by Gasteiger charge is -2.32. The molecule has 2 N–H and O–H groups in total. The third kappa shape index (κ3) is 3.57. The average Bonchev–Trinajstić information content (AvgIpc) is 2.89. The van der Waals surface area contributed by atoms with Crippen molar-refractivity contribution in [1.29, 1.82) is 0 Å². The average molecular weight is 281 g/mol. The maximum Gasteiger partial charge on any atom is 0.0591 e. The van der Waals surface area contributed by atoms with Gasteiger partial charge in [-0.25, -0.2) is 0 Å². The molecule has 0 saturated carbocycles. The van der Waals surface area contributed by atoms with Gasteiger partial charge in [0.25, 0.3) is 0 Å². The molecular weight excluding hydrogens is 254 g/mol. The first-order chi connectivity index (χ1) is 8.99. The minimum absolute atomic E-state index is 0.168. The molecule has 108 valence electrons. The van der Waals surface area contributed by atoms with Gasteiger partial charge in [-0.15, -0.1) is 11.3 Å². The fourth-order valence-corrected chi connectivity index (χ4v) is 4.43. The second kappa shape index (κ2) is 6.35. The fourth-order valence-electron chi connectivity index (χ4n) is 3.22. The second-order valence-electron chi connectivity index (χ2n) is 6.13. The SMILES string of the molecule is Cc1ccsc1C(C(C)N)N(C)CC1CCN(C)C1. The predicted octanol–water partition coefficient (Wildman–Crippen LogP) is 2.33. The highest BCUT2D eigenvalue weighted by Crippen LogP contribution is 2.31. The van der Waals surface area contributed by atoms with Crippen molar-refractivity contribution in [3.63, 3.8) is 0 Å². The van der Waals surface area contributed by atoms with Crippen LogP contribution in [-0.4, -0.2) is 49.6 Å². The number of nitrogens with two attached hydrogens (primary N) is 1. The van der Waals surface area contributed by atoms with Gasteiger partial charge in [0.15, 0.2) is 0 Å². The number of hydrogen-bond acceptors (Lipinski definition) is 4.